The lowest BCUT2D eigenvalue weighted by atomic mass is 9.76. The summed E-state index contributed by atoms with van der Waals surface area (Å²) >= 11 is 0. The van der Waals surface area contributed by atoms with Gasteiger partial charge in [0.25, 0.3) is 0 Å². The summed E-state index contributed by atoms with van der Waals surface area (Å²) in [6, 6.07) is 14.7. The van der Waals surface area contributed by atoms with E-state index in [4.69, 9.17) is 0 Å². The third kappa shape index (κ3) is 3.32. The second-order valence-electron chi connectivity index (χ2n) is 9.25. The maximum atomic E-state index is 13.7. The lowest BCUT2D eigenvalue weighted by Crippen LogP contribution is -2.53. The van der Waals surface area contributed by atoms with Crippen molar-refractivity contribution in [1.82, 2.24) is 10.2 Å². The normalized spacial score (nSPS) is 27.3. The van der Waals surface area contributed by atoms with Crippen LogP contribution >= 0.6 is 0 Å². The summed E-state index contributed by atoms with van der Waals surface area (Å²) in [4.78, 5) is 53.3. The van der Waals surface area contributed by atoms with E-state index >= 15 is 0 Å². The predicted molar refractivity (Wildman–Crippen MR) is 124 cm³/mol. The molecule has 3 aliphatic heterocycles. The van der Waals surface area contributed by atoms with Gasteiger partial charge in [0.05, 0.1) is 11.8 Å². The molecule has 2 aromatic rings. The number of fused-ring (bicyclic) bond motifs is 4. The zero-order chi connectivity index (χ0) is 24.0. The highest BCUT2D eigenvalue weighted by Crippen LogP contribution is 2.53. The highest BCUT2D eigenvalue weighted by Gasteiger charge is 2.70. The third-order valence-electron chi connectivity index (χ3n) is 7.41. The molecule has 0 aliphatic carbocycles. The Bertz CT molecular complexity index is 1180. The van der Waals surface area contributed by atoms with E-state index in [1.807, 2.05) is 55.5 Å². The van der Waals surface area contributed by atoms with Crippen LogP contribution in [-0.4, -0.2) is 46.3 Å². The van der Waals surface area contributed by atoms with Gasteiger partial charge in [0.2, 0.25) is 17.7 Å². The van der Waals surface area contributed by atoms with E-state index in [-0.39, 0.29) is 37.1 Å². The molecule has 2 saturated heterocycles. The van der Waals surface area contributed by atoms with Gasteiger partial charge in [-0.25, -0.2) is 0 Å². The molecule has 2 unspecified atom stereocenters. The molecule has 34 heavy (non-hydrogen) atoms. The molecule has 0 radical (unpaired) electrons. The first kappa shape index (κ1) is 22.3. The van der Waals surface area contributed by atoms with Crippen LogP contribution in [0, 0.1) is 11.8 Å². The first-order valence-electron chi connectivity index (χ1n) is 11.7. The minimum absolute atomic E-state index is 0.153. The summed E-state index contributed by atoms with van der Waals surface area (Å²) in [7, 11) is 0. The van der Waals surface area contributed by atoms with E-state index in [1.54, 1.807) is 0 Å². The highest BCUT2D eigenvalue weighted by molar-refractivity contribution is 6.15. The molecule has 3 heterocycles. The molecule has 4 atom stereocenters. The van der Waals surface area contributed by atoms with Crippen molar-refractivity contribution in [3.05, 3.63) is 65.2 Å². The van der Waals surface area contributed by atoms with Gasteiger partial charge in [-0.1, -0.05) is 49.4 Å². The first-order chi connectivity index (χ1) is 16.4. The van der Waals surface area contributed by atoms with Gasteiger partial charge in [0.1, 0.15) is 5.54 Å². The monoisotopic (exact) mass is 461 g/mol. The summed E-state index contributed by atoms with van der Waals surface area (Å²) in [5, 5.41) is 15.4. The Morgan fingerprint density at radius 2 is 1.82 bits per heavy atom. The van der Waals surface area contributed by atoms with Gasteiger partial charge >= 0.3 is 5.97 Å². The van der Waals surface area contributed by atoms with Crippen LogP contribution in [-0.2, 0) is 37.6 Å². The molecule has 8 nitrogen and oxygen atoms in total. The quantitative estimate of drug-likeness (QED) is 0.544. The molecular formula is C26H27N3O5. The van der Waals surface area contributed by atoms with Gasteiger partial charge in [-0.15, -0.1) is 0 Å². The predicted octanol–water partition coefficient (Wildman–Crippen LogP) is 2.08. The number of carboxylic acids is 1. The van der Waals surface area contributed by atoms with Crippen molar-refractivity contribution in [2.75, 3.05) is 11.9 Å². The number of imide groups is 1. The molecule has 0 saturated carbocycles. The van der Waals surface area contributed by atoms with Crippen molar-refractivity contribution in [1.29, 1.82) is 0 Å². The Hall–Kier alpha value is -3.52. The Morgan fingerprint density at radius 3 is 2.53 bits per heavy atom. The Labute approximate surface area is 197 Å². The second-order valence-corrected chi connectivity index (χ2v) is 9.25. The van der Waals surface area contributed by atoms with Crippen LogP contribution in [0.25, 0.3) is 0 Å². The number of hydrogen-bond donors (Lipinski definition) is 3. The highest BCUT2D eigenvalue weighted by atomic mass is 16.4. The number of likely N-dealkylation sites (tertiary alicyclic amines) is 1. The summed E-state index contributed by atoms with van der Waals surface area (Å²) < 4.78 is 0. The number of carbonyl (C=O) groups excluding carboxylic acids is 3. The molecule has 3 aliphatic rings. The van der Waals surface area contributed by atoms with Crippen LogP contribution in [0.1, 0.15) is 36.5 Å². The molecule has 176 valence electrons. The summed E-state index contributed by atoms with van der Waals surface area (Å²) in [6.45, 7) is 2.23. The van der Waals surface area contributed by atoms with Gasteiger partial charge in [-0.3, -0.25) is 29.4 Å². The lowest BCUT2D eigenvalue weighted by molar-refractivity contribution is -0.143. The Kier molecular flexibility index (Phi) is 5.48. The average Bonchev–Trinajstić information content (AvgIpc) is 3.41. The molecule has 2 aromatic carbocycles. The molecule has 0 aromatic heterocycles. The van der Waals surface area contributed by atoms with Crippen LogP contribution in [0.15, 0.2) is 48.5 Å². The fourth-order valence-electron chi connectivity index (χ4n) is 5.76. The van der Waals surface area contributed by atoms with Crippen molar-refractivity contribution < 1.29 is 24.3 Å². The molecule has 3 N–H and O–H groups in total. The number of aliphatic carboxylic acids is 1. The number of benzene rings is 2. The second kappa shape index (κ2) is 8.36. The zero-order valence-corrected chi connectivity index (χ0v) is 18.9. The van der Waals surface area contributed by atoms with Crippen LogP contribution < -0.4 is 10.6 Å². The number of carboxylic acid groups (broad SMARTS) is 1. The smallest absolute Gasteiger partial charge is 0.303 e. The number of nitrogens with one attached hydrogen (secondary N) is 2. The van der Waals surface area contributed by atoms with Crippen LogP contribution in [0.4, 0.5) is 5.69 Å². The molecule has 8 heteroatoms. The van der Waals surface area contributed by atoms with E-state index in [9.17, 15) is 24.3 Å². The van der Waals surface area contributed by atoms with Crippen molar-refractivity contribution in [2.45, 2.75) is 44.2 Å². The van der Waals surface area contributed by atoms with Gasteiger partial charge in [0.15, 0.2) is 0 Å². The Morgan fingerprint density at radius 1 is 1.06 bits per heavy atom. The topological polar surface area (TPSA) is 116 Å². The number of rotatable bonds is 7. The minimum Gasteiger partial charge on any atom is -0.481 e. The third-order valence-corrected chi connectivity index (χ3v) is 7.41. The largest absolute Gasteiger partial charge is 0.481 e. The van der Waals surface area contributed by atoms with Crippen molar-refractivity contribution in [3.63, 3.8) is 0 Å². The van der Waals surface area contributed by atoms with Crippen LogP contribution in [0.2, 0.25) is 0 Å². The summed E-state index contributed by atoms with van der Waals surface area (Å²) in [6.07, 6.45) is 1.26. The molecule has 0 bridgehead atoms. The number of carbonyl (C=O) groups is 4. The van der Waals surface area contributed by atoms with E-state index in [0.29, 0.717) is 17.7 Å². The fourth-order valence-corrected chi connectivity index (χ4v) is 5.76. The molecular weight excluding hydrogens is 434 g/mol. The lowest BCUT2D eigenvalue weighted by Gasteiger charge is -2.29. The van der Waals surface area contributed by atoms with Crippen LogP contribution in [0.5, 0.6) is 0 Å². The van der Waals surface area contributed by atoms with E-state index < -0.39 is 29.4 Å². The van der Waals surface area contributed by atoms with Crippen molar-refractivity contribution in [2.24, 2.45) is 11.8 Å². The van der Waals surface area contributed by atoms with Crippen molar-refractivity contribution in [3.8, 4) is 0 Å². The molecule has 5 rings (SSSR count). The van der Waals surface area contributed by atoms with E-state index in [2.05, 4.69) is 10.6 Å². The van der Waals surface area contributed by atoms with E-state index in [0.717, 1.165) is 17.5 Å². The summed E-state index contributed by atoms with van der Waals surface area (Å²) in [5.41, 5.74) is 1.92. The zero-order valence-electron chi connectivity index (χ0n) is 18.9. The van der Waals surface area contributed by atoms with Gasteiger partial charge in [0, 0.05) is 30.3 Å². The maximum absolute atomic E-state index is 13.7. The maximum Gasteiger partial charge on any atom is 0.303 e. The van der Waals surface area contributed by atoms with E-state index in [1.165, 1.54) is 4.90 Å². The number of hydrogen-bond acceptors (Lipinski definition) is 5. The van der Waals surface area contributed by atoms with Crippen molar-refractivity contribution >= 4 is 29.4 Å². The number of anilines is 1. The standard InChI is InChI=1S/C26H27N3O5/c1-2-15-8-9-18-17(14-15)26(25(34)27-18)22-21(19(28-26)10-11-20(30)31)23(32)29(24(22)33)13-12-16-6-4-3-5-7-16/h3-9,14,19,21-22,28H,2,10-13H2,1H3,(H,27,34)(H,30,31)/t19?,21-,22+,26?/m1/s1. The van der Waals surface area contributed by atoms with Gasteiger partial charge in [-0.05, 0) is 36.5 Å². The minimum atomic E-state index is -1.39. The molecule has 3 amide bonds. The molecule has 2 fully saturated rings. The number of amides is 3. The van der Waals surface area contributed by atoms with Gasteiger partial charge < -0.3 is 10.4 Å². The number of nitrogens with zero attached hydrogens (tertiary/aromatic N) is 1. The van der Waals surface area contributed by atoms with Gasteiger partial charge in [-0.2, -0.15) is 0 Å². The first-order valence-corrected chi connectivity index (χ1v) is 11.7. The fraction of sp³-hybridized carbons (Fsp3) is 0.385. The Balaban J connectivity index is 1.54. The van der Waals surface area contributed by atoms with Crippen LogP contribution in [0.3, 0.4) is 0 Å². The average molecular weight is 462 g/mol. The number of aryl methyl sites for hydroxylation is 1. The SMILES string of the molecule is CCc1ccc2c(c1)C1(NC(CCC(=O)O)[C@H]3C(=O)N(CCc4ccccc4)C(=O)[C@H]31)C(=O)N2. The summed E-state index contributed by atoms with van der Waals surface area (Å²) in [5.74, 6) is -3.76. The molecule has 1 spiro atoms.